The first-order chi connectivity index (χ1) is 8.70. The van der Waals surface area contributed by atoms with Gasteiger partial charge in [0, 0.05) is 16.1 Å². The molecule has 1 atom stereocenters. The summed E-state index contributed by atoms with van der Waals surface area (Å²) in [6.07, 6.45) is 5.29. The van der Waals surface area contributed by atoms with Gasteiger partial charge in [-0.1, -0.05) is 22.9 Å². The van der Waals surface area contributed by atoms with E-state index < -0.39 is 0 Å². The summed E-state index contributed by atoms with van der Waals surface area (Å²) in [6, 6.07) is 6.64. The summed E-state index contributed by atoms with van der Waals surface area (Å²) >= 11 is 3.55. The molecule has 1 aliphatic rings. The quantitative estimate of drug-likeness (QED) is 0.838. The van der Waals surface area contributed by atoms with Crippen LogP contribution in [-0.2, 0) is 0 Å². The number of hydrogen-bond donors (Lipinski definition) is 1. The molecule has 0 bridgehead atoms. The second kappa shape index (κ2) is 6.58. The second-order valence-corrected chi connectivity index (χ2v) is 5.94. The van der Waals surface area contributed by atoms with Crippen molar-refractivity contribution in [1.82, 2.24) is 5.32 Å². The molecular formula is C15H22BrNO. The lowest BCUT2D eigenvalue weighted by molar-refractivity contribution is 0.118. The molecule has 0 heterocycles. The zero-order valence-electron chi connectivity index (χ0n) is 11.2. The number of hydrogen-bond acceptors (Lipinski definition) is 2. The van der Waals surface area contributed by atoms with Crippen LogP contribution in [0.4, 0.5) is 0 Å². The van der Waals surface area contributed by atoms with Crippen molar-refractivity contribution in [3.63, 3.8) is 0 Å². The van der Waals surface area contributed by atoms with Crippen LogP contribution in [0, 0.1) is 0 Å². The standard InChI is InChI=1S/C15H22BrNO/c1-3-9-17-11(2)14-10-12(16)7-8-15(14)18-13-5-4-6-13/h7-8,10-11,13,17H,3-6,9H2,1-2H3. The van der Waals surface area contributed by atoms with Crippen LogP contribution >= 0.6 is 15.9 Å². The first-order valence-corrected chi connectivity index (χ1v) is 7.69. The van der Waals surface area contributed by atoms with Gasteiger partial charge in [0.05, 0.1) is 6.10 Å². The van der Waals surface area contributed by atoms with E-state index in [4.69, 9.17) is 4.74 Å². The van der Waals surface area contributed by atoms with Crippen molar-refractivity contribution in [2.75, 3.05) is 6.54 Å². The van der Waals surface area contributed by atoms with Crippen molar-refractivity contribution in [2.45, 2.75) is 51.7 Å². The van der Waals surface area contributed by atoms with E-state index >= 15 is 0 Å². The van der Waals surface area contributed by atoms with Crippen molar-refractivity contribution in [2.24, 2.45) is 0 Å². The van der Waals surface area contributed by atoms with Gasteiger partial charge in [-0.3, -0.25) is 0 Å². The summed E-state index contributed by atoms with van der Waals surface area (Å²) < 4.78 is 7.19. The second-order valence-electron chi connectivity index (χ2n) is 5.03. The maximum Gasteiger partial charge on any atom is 0.124 e. The minimum absolute atomic E-state index is 0.331. The lowest BCUT2D eigenvalue weighted by Gasteiger charge is -2.28. The molecular weight excluding hydrogens is 290 g/mol. The smallest absolute Gasteiger partial charge is 0.124 e. The molecule has 1 saturated carbocycles. The van der Waals surface area contributed by atoms with Gasteiger partial charge in [-0.15, -0.1) is 0 Å². The maximum absolute atomic E-state index is 6.08. The molecule has 18 heavy (non-hydrogen) atoms. The van der Waals surface area contributed by atoms with Gasteiger partial charge >= 0.3 is 0 Å². The fourth-order valence-corrected chi connectivity index (χ4v) is 2.48. The highest BCUT2D eigenvalue weighted by Gasteiger charge is 2.21. The summed E-state index contributed by atoms with van der Waals surface area (Å²) in [5, 5.41) is 3.52. The largest absolute Gasteiger partial charge is 0.490 e. The lowest BCUT2D eigenvalue weighted by atomic mass is 9.96. The Kier molecular flexibility index (Phi) is 5.07. The van der Waals surface area contributed by atoms with Gasteiger partial charge in [-0.2, -0.15) is 0 Å². The van der Waals surface area contributed by atoms with Crippen LogP contribution in [0.1, 0.15) is 51.1 Å². The van der Waals surface area contributed by atoms with Crippen molar-refractivity contribution >= 4 is 15.9 Å². The number of nitrogens with one attached hydrogen (secondary N) is 1. The zero-order valence-corrected chi connectivity index (χ0v) is 12.8. The number of rotatable bonds is 6. The van der Waals surface area contributed by atoms with Gasteiger partial charge in [0.1, 0.15) is 5.75 Å². The van der Waals surface area contributed by atoms with Crippen LogP contribution in [0.15, 0.2) is 22.7 Å². The molecule has 0 amide bonds. The van der Waals surface area contributed by atoms with Gasteiger partial charge in [0.2, 0.25) is 0 Å². The molecule has 100 valence electrons. The fourth-order valence-electron chi connectivity index (χ4n) is 2.10. The summed E-state index contributed by atoms with van der Waals surface area (Å²) in [4.78, 5) is 0. The van der Waals surface area contributed by atoms with E-state index in [-0.39, 0.29) is 0 Å². The van der Waals surface area contributed by atoms with E-state index in [9.17, 15) is 0 Å². The van der Waals surface area contributed by atoms with Crippen LogP contribution in [0.3, 0.4) is 0 Å². The van der Waals surface area contributed by atoms with E-state index in [2.05, 4.69) is 53.3 Å². The van der Waals surface area contributed by atoms with E-state index in [0.29, 0.717) is 12.1 Å². The number of ether oxygens (including phenoxy) is 1. The molecule has 0 spiro atoms. The van der Waals surface area contributed by atoms with Gasteiger partial charge < -0.3 is 10.1 Å². The topological polar surface area (TPSA) is 21.3 Å². The van der Waals surface area contributed by atoms with Crippen LogP contribution < -0.4 is 10.1 Å². The molecule has 0 aromatic heterocycles. The molecule has 1 unspecified atom stereocenters. The summed E-state index contributed by atoms with van der Waals surface area (Å²) in [5.74, 6) is 1.04. The average molecular weight is 312 g/mol. The molecule has 1 aromatic carbocycles. The van der Waals surface area contributed by atoms with E-state index in [0.717, 1.165) is 23.2 Å². The Bertz CT molecular complexity index is 390. The van der Waals surface area contributed by atoms with Gasteiger partial charge in [-0.05, 0) is 57.4 Å². The first-order valence-electron chi connectivity index (χ1n) is 6.90. The molecule has 0 aliphatic heterocycles. The van der Waals surface area contributed by atoms with Gasteiger partial charge in [-0.25, -0.2) is 0 Å². The zero-order chi connectivity index (χ0) is 13.0. The first kappa shape index (κ1) is 13.9. The maximum atomic E-state index is 6.08. The summed E-state index contributed by atoms with van der Waals surface area (Å²) in [5.41, 5.74) is 1.25. The SMILES string of the molecule is CCCNC(C)c1cc(Br)ccc1OC1CCC1. The van der Waals surface area contributed by atoms with Crippen LogP contribution in [0.5, 0.6) is 5.75 Å². The fraction of sp³-hybridized carbons (Fsp3) is 0.600. The van der Waals surface area contributed by atoms with Crippen molar-refractivity contribution in [3.05, 3.63) is 28.2 Å². The number of halogens is 1. The highest BCUT2D eigenvalue weighted by molar-refractivity contribution is 9.10. The number of benzene rings is 1. The third-order valence-electron chi connectivity index (χ3n) is 3.48. The van der Waals surface area contributed by atoms with E-state index in [1.807, 2.05) is 0 Å². The molecule has 1 fully saturated rings. The Morgan fingerprint density at radius 2 is 2.22 bits per heavy atom. The highest BCUT2D eigenvalue weighted by Crippen LogP contribution is 2.32. The summed E-state index contributed by atoms with van der Waals surface area (Å²) in [7, 11) is 0. The lowest BCUT2D eigenvalue weighted by Crippen LogP contribution is -2.26. The van der Waals surface area contributed by atoms with Gasteiger partial charge in [0.25, 0.3) is 0 Å². The van der Waals surface area contributed by atoms with E-state index in [1.165, 1.54) is 24.8 Å². The van der Waals surface area contributed by atoms with Crippen LogP contribution in [0.2, 0.25) is 0 Å². The predicted molar refractivity (Wildman–Crippen MR) is 79.1 cm³/mol. The van der Waals surface area contributed by atoms with E-state index in [1.54, 1.807) is 0 Å². The monoisotopic (exact) mass is 311 g/mol. The Morgan fingerprint density at radius 3 is 2.83 bits per heavy atom. The molecule has 0 saturated heterocycles. The van der Waals surface area contributed by atoms with Gasteiger partial charge in [0.15, 0.2) is 0 Å². The average Bonchev–Trinajstić information content (AvgIpc) is 2.32. The Hall–Kier alpha value is -0.540. The highest BCUT2D eigenvalue weighted by atomic mass is 79.9. The minimum atomic E-state index is 0.331. The molecule has 1 aromatic rings. The third-order valence-corrected chi connectivity index (χ3v) is 3.98. The van der Waals surface area contributed by atoms with Crippen molar-refractivity contribution < 1.29 is 4.74 Å². The molecule has 3 heteroatoms. The predicted octanol–water partition coefficient (Wildman–Crippen LogP) is 4.44. The molecule has 1 N–H and O–H groups in total. The molecule has 0 radical (unpaired) electrons. The molecule has 2 rings (SSSR count). The molecule has 1 aliphatic carbocycles. The Morgan fingerprint density at radius 1 is 1.44 bits per heavy atom. The van der Waals surface area contributed by atoms with Crippen molar-refractivity contribution in [1.29, 1.82) is 0 Å². The minimum Gasteiger partial charge on any atom is -0.490 e. The van der Waals surface area contributed by atoms with Crippen LogP contribution in [-0.4, -0.2) is 12.6 Å². The Balaban J connectivity index is 2.11. The molecule has 2 nitrogen and oxygen atoms in total. The summed E-state index contributed by atoms with van der Waals surface area (Å²) in [6.45, 7) is 5.42. The normalized spacial score (nSPS) is 17.3. The Labute approximate surface area is 118 Å². The van der Waals surface area contributed by atoms with Crippen molar-refractivity contribution in [3.8, 4) is 5.75 Å². The van der Waals surface area contributed by atoms with Crippen LogP contribution in [0.25, 0.3) is 0 Å². The third kappa shape index (κ3) is 3.48.